The molecule has 1 unspecified atom stereocenters. The van der Waals surface area contributed by atoms with Crippen molar-refractivity contribution in [3.8, 4) is 0 Å². The highest BCUT2D eigenvalue weighted by Crippen LogP contribution is 2.24. The van der Waals surface area contributed by atoms with E-state index in [0.29, 0.717) is 29.9 Å². The van der Waals surface area contributed by atoms with Crippen LogP contribution in [0.15, 0.2) is 22.1 Å². The highest BCUT2D eigenvalue weighted by atomic mass is 79.9. The van der Waals surface area contributed by atoms with Crippen molar-refractivity contribution in [2.45, 2.75) is 6.42 Å². The van der Waals surface area contributed by atoms with Gasteiger partial charge >= 0.3 is 0 Å². The summed E-state index contributed by atoms with van der Waals surface area (Å²) < 4.78 is 0.633. The summed E-state index contributed by atoms with van der Waals surface area (Å²) in [6, 6.07) is 1.69. The Balaban J connectivity index is 2.12. The van der Waals surface area contributed by atoms with Crippen LogP contribution in [-0.4, -0.2) is 29.0 Å². The van der Waals surface area contributed by atoms with Crippen LogP contribution in [0.2, 0.25) is 0 Å². The van der Waals surface area contributed by atoms with Gasteiger partial charge < -0.3 is 0 Å². The molecular formula is C9H9BrN6O. The lowest BCUT2D eigenvalue weighted by Gasteiger charge is -2.14. The Hall–Kier alpha value is -1.66. The summed E-state index contributed by atoms with van der Waals surface area (Å²) in [5, 5.41) is 3.49. The van der Waals surface area contributed by atoms with Crippen molar-refractivity contribution in [3.05, 3.63) is 27.4 Å². The highest BCUT2D eigenvalue weighted by molar-refractivity contribution is 9.10. The number of rotatable bonds is 3. The van der Waals surface area contributed by atoms with Crippen LogP contribution in [0.3, 0.4) is 0 Å². The van der Waals surface area contributed by atoms with Gasteiger partial charge in [0, 0.05) is 30.5 Å². The molecule has 0 radical (unpaired) electrons. The molecule has 0 saturated carbocycles. The zero-order valence-corrected chi connectivity index (χ0v) is 10.4. The molecule has 1 amide bonds. The fraction of sp³-hybridized carbons (Fsp3) is 0.444. The first-order valence-electron chi connectivity index (χ1n) is 4.99. The van der Waals surface area contributed by atoms with E-state index in [4.69, 9.17) is 5.53 Å². The zero-order valence-electron chi connectivity index (χ0n) is 8.82. The quantitative estimate of drug-likeness (QED) is 0.369. The molecule has 0 N–H and O–H groups in total. The maximum Gasteiger partial charge on any atom is 0.228 e. The third kappa shape index (κ3) is 2.72. The summed E-state index contributed by atoms with van der Waals surface area (Å²) in [5.41, 5.74) is 8.24. The van der Waals surface area contributed by atoms with Gasteiger partial charge in [-0.2, -0.15) is 0 Å². The van der Waals surface area contributed by atoms with Gasteiger partial charge in [-0.3, -0.25) is 9.69 Å². The Morgan fingerprint density at radius 1 is 1.65 bits per heavy atom. The van der Waals surface area contributed by atoms with Gasteiger partial charge in [-0.25, -0.2) is 9.97 Å². The summed E-state index contributed by atoms with van der Waals surface area (Å²) in [7, 11) is 0. The van der Waals surface area contributed by atoms with E-state index in [0.717, 1.165) is 0 Å². The van der Waals surface area contributed by atoms with Crippen LogP contribution >= 0.6 is 15.9 Å². The van der Waals surface area contributed by atoms with Crippen LogP contribution in [0.25, 0.3) is 10.4 Å². The Kier molecular flexibility index (Phi) is 3.55. The van der Waals surface area contributed by atoms with Crippen molar-refractivity contribution in [1.82, 2.24) is 9.97 Å². The summed E-state index contributed by atoms with van der Waals surface area (Å²) >= 11 is 3.23. The molecule has 88 valence electrons. The molecule has 0 aromatic carbocycles. The number of carbonyl (C=O) groups is 1. The molecule has 1 saturated heterocycles. The van der Waals surface area contributed by atoms with Crippen molar-refractivity contribution in [2.24, 2.45) is 11.0 Å². The van der Waals surface area contributed by atoms with Gasteiger partial charge in [0.15, 0.2) is 0 Å². The number of halogens is 1. The average molecular weight is 297 g/mol. The van der Waals surface area contributed by atoms with Gasteiger partial charge in [-0.05, 0) is 27.4 Å². The van der Waals surface area contributed by atoms with E-state index in [9.17, 15) is 4.79 Å². The number of aromatic nitrogens is 2. The lowest BCUT2D eigenvalue weighted by atomic mass is 10.1. The fourth-order valence-corrected chi connectivity index (χ4v) is 2.05. The minimum absolute atomic E-state index is 0.00580. The molecular weight excluding hydrogens is 288 g/mol. The highest BCUT2D eigenvalue weighted by Gasteiger charge is 2.30. The molecule has 0 aliphatic carbocycles. The van der Waals surface area contributed by atoms with E-state index in [2.05, 4.69) is 35.9 Å². The first kappa shape index (κ1) is 11.8. The first-order valence-corrected chi connectivity index (χ1v) is 5.79. The van der Waals surface area contributed by atoms with Crippen LogP contribution in [0.4, 0.5) is 5.82 Å². The predicted molar refractivity (Wildman–Crippen MR) is 64.2 cm³/mol. The van der Waals surface area contributed by atoms with E-state index in [-0.39, 0.29) is 11.8 Å². The van der Waals surface area contributed by atoms with Gasteiger partial charge in [0.1, 0.15) is 16.7 Å². The second kappa shape index (κ2) is 5.11. The number of hydrogen-bond acceptors (Lipinski definition) is 4. The van der Waals surface area contributed by atoms with Crippen molar-refractivity contribution < 1.29 is 4.79 Å². The molecule has 17 heavy (non-hydrogen) atoms. The number of azide groups is 1. The Morgan fingerprint density at radius 3 is 3.18 bits per heavy atom. The average Bonchev–Trinajstić information content (AvgIpc) is 2.68. The fourth-order valence-electron chi connectivity index (χ4n) is 1.75. The summed E-state index contributed by atoms with van der Waals surface area (Å²) in [4.78, 5) is 24.0. The van der Waals surface area contributed by atoms with Crippen molar-refractivity contribution in [1.29, 1.82) is 0 Å². The summed E-state index contributed by atoms with van der Waals surface area (Å²) in [6.45, 7) is 0.867. The standard InChI is InChI=1S/C9H9BrN6O/c10-7-2-8(13-5-12-7)16-4-6(1-9(16)17)3-14-15-11/h2,5-6H,1,3-4H2. The molecule has 2 rings (SSSR count). The molecule has 8 heteroatoms. The molecule has 2 heterocycles. The lowest BCUT2D eigenvalue weighted by molar-refractivity contribution is -0.117. The summed E-state index contributed by atoms with van der Waals surface area (Å²) in [6.07, 6.45) is 1.79. The van der Waals surface area contributed by atoms with E-state index >= 15 is 0 Å². The molecule has 0 spiro atoms. The van der Waals surface area contributed by atoms with Crippen LogP contribution in [0.1, 0.15) is 6.42 Å². The minimum atomic E-state index is -0.00580. The molecule has 7 nitrogen and oxygen atoms in total. The number of anilines is 1. The Bertz CT molecular complexity index is 486. The van der Waals surface area contributed by atoms with Crippen LogP contribution in [0, 0.1) is 5.92 Å². The van der Waals surface area contributed by atoms with Gasteiger partial charge in [0.05, 0.1) is 0 Å². The second-order valence-corrected chi connectivity index (χ2v) is 4.50. The van der Waals surface area contributed by atoms with Crippen LogP contribution < -0.4 is 4.90 Å². The number of carbonyl (C=O) groups excluding carboxylic acids is 1. The maximum absolute atomic E-state index is 11.8. The summed E-state index contributed by atoms with van der Waals surface area (Å²) in [5.74, 6) is 0.626. The van der Waals surface area contributed by atoms with Crippen LogP contribution in [0.5, 0.6) is 0 Å². The van der Waals surface area contributed by atoms with Gasteiger partial charge in [-0.1, -0.05) is 5.11 Å². The molecule has 1 fully saturated rings. The Morgan fingerprint density at radius 2 is 2.47 bits per heavy atom. The molecule has 0 bridgehead atoms. The third-order valence-corrected chi connectivity index (χ3v) is 2.94. The van der Waals surface area contributed by atoms with Gasteiger partial charge in [0.2, 0.25) is 5.91 Å². The topological polar surface area (TPSA) is 94.9 Å². The SMILES string of the molecule is [N-]=[N+]=NCC1CC(=O)N(c2cc(Br)ncn2)C1. The van der Waals surface area contributed by atoms with Crippen molar-refractivity contribution in [2.75, 3.05) is 18.0 Å². The number of nitrogens with zero attached hydrogens (tertiary/aromatic N) is 6. The lowest BCUT2D eigenvalue weighted by Crippen LogP contribution is -2.25. The van der Waals surface area contributed by atoms with E-state index < -0.39 is 0 Å². The molecule has 1 aliphatic rings. The molecule has 1 aromatic heterocycles. The first-order chi connectivity index (χ1) is 8.20. The van der Waals surface area contributed by atoms with Crippen molar-refractivity contribution in [3.63, 3.8) is 0 Å². The van der Waals surface area contributed by atoms with Gasteiger partial charge in [0.25, 0.3) is 0 Å². The normalized spacial score (nSPS) is 19.2. The van der Waals surface area contributed by atoms with E-state index in [1.54, 1.807) is 11.0 Å². The second-order valence-electron chi connectivity index (χ2n) is 3.69. The van der Waals surface area contributed by atoms with Crippen molar-refractivity contribution >= 4 is 27.7 Å². The Labute approximate surface area is 106 Å². The van der Waals surface area contributed by atoms with E-state index in [1.807, 2.05) is 0 Å². The largest absolute Gasteiger partial charge is 0.296 e. The monoisotopic (exact) mass is 296 g/mol. The molecule has 1 aliphatic heterocycles. The number of amides is 1. The smallest absolute Gasteiger partial charge is 0.228 e. The zero-order chi connectivity index (χ0) is 12.3. The maximum atomic E-state index is 11.8. The minimum Gasteiger partial charge on any atom is -0.296 e. The van der Waals surface area contributed by atoms with Crippen LogP contribution in [-0.2, 0) is 4.79 Å². The third-order valence-electron chi connectivity index (χ3n) is 2.50. The molecule has 1 aromatic rings. The predicted octanol–water partition coefficient (Wildman–Crippen LogP) is 1.90. The van der Waals surface area contributed by atoms with Gasteiger partial charge in [-0.15, -0.1) is 0 Å². The van der Waals surface area contributed by atoms with E-state index in [1.165, 1.54) is 6.33 Å². The number of hydrogen-bond donors (Lipinski definition) is 0. The molecule has 1 atom stereocenters.